The number of benzene rings is 1. The second kappa shape index (κ2) is 10.1. The minimum absolute atomic E-state index is 0.109. The Morgan fingerprint density at radius 3 is 2.66 bits per heavy atom. The monoisotopic (exact) mass is 448 g/mol. The molecule has 10 nitrogen and oxygen atoms in total. The molecule has 0 bridgehead atoms. The molecule has 0 saturated carbocycles. The third-order valence-corrected chi connectivity index (χ3v) is 5.57. The van der Waals surface area contributed by atoms with Crippen molar-refractivity contribution in [2.24, 2.45) is 0 Å². The summed E-state index contributed by atoms with van der Waals surface area (Å²) in [5, 5.41) is 40.9. The molecule has 0 aliphatic carbocycles. The van der Waals surface area contributed by atoms with Crippen molar-refractivity contribution in [2.45, 2.75) is 63.5 Å². The number of nitrogens with zero attached hydrogens (tertiary/aromatic N) is 1. The fourth-order valence-corrected chi connectivity index (χ4v) is 4.02. The lowest BCUT2D eigenvalue weighted by molar-refractivity contribution is -0.143. The molecule has 1 saturated heterocycles. The molecule has 174 valence electrons. The molecule has 1 aromatic carbocycles. The molecule has 32 heavy (non-hydrogen) atoms. The third kappa shape index (κ3) is 5.64. The standard InChI is InChI=1S/C22H28N2O8/c1-12-2-4-18-16(6-12)13(7-19(27)23-17(22(30)31)3-5-21(28)29)10-24(18)20-9-14(26)8-15(11-25)32-20/h2,4,6,10,14-15,17,20,25-26H,3,5,7-9,11H2,1H3,(H,23,27)(H,28,29)(H,30,31). The zero-order valence-corrected chi connectivity index (χ0v) is 17.7. The summed E-state index contributed by atoms with van der Waals surface area (Å²) in [6, 6.07) is 4.42. The predicted octanol–water partition coefficient (Wildman–Crippen LogP) is 0.957. The van der Waals surface area contributed by atoms with Gasteiger partial charge in [0, 0.05) is 30.8 Å². The molecule has 1 aromatic heterocycles. The summed E-state index contributed by atoms with van der Waals surface area (Å²) >= 11 is 0. The molecule has 10 heteroatoms. The van der Waals surface area contributed by atoms with E-state index in [1.807, 2.05) is 29.7 Å². The van der Waals surface area contributed by atoms with Crippen LogP contribution in [0.5, 0.6) is 0 Å². The molecule has 0 radical (unpaired) electrons. The Morgan fingerprint density at radius 1 is 1.25 bits per heavy atom. The summed E-state index contributed by atoms with van der Waals surface area (Å²) < 4.78 is 7.74. The smallest absolute Gasteiger partial charge is 0.326 e. The number of carboxylic acids is 2. The van der Waals surface area contributed by atoms with Crippen LogP contribution in [0.1, 0.15) is 43.0 Å². The summed E-state index contributed by atoms with van der Waals surface area (Å²) in [5.74, 6) is -2.97. The quantitative estimate of drug-likeness (QED) is 0.379. The van der Waals surface area contributed by atoms with Crippen molar-refractivity contribution < 1.29 is 39.5 Å². The molecule has 1 aliphatic heterocycles. The summed E-state index contributed by atoms with van der Waals surface area (Å²) in [4.78, 5) is 34.7. The summed E-state index contributed by atoms with van der Waals surface area (Å²) in [5.41, 5.74) is 2.40. The van der Waals surface area contributed by atoms with Crippen LogP contribution in [-0.2, 0) is 25.5 Å². The van der Waals surface area contributed by atoms with Crippen LogP contribution in [-0.4, -0.2) is 67.7 Å². The number of carboxylic acid groups (broad SMARTS) is 2. The first kappa shape index (κ1) is 23.7. The lowest BCUT2D eigenvalue weighted by atomic mass is 10.0. The Labute approximate surface area is 184 Å². The molecule has 4 atom stereocenters. The number of aliphatic hydroxyl groups excluding tert-OH is 2. The highest BCUT2D eigenvalue weighted by Crippen LogP contribution is 2.33. The van der Waals surface area contributed by atoms with Crippen LogP contribution in [0.25, 0.3) is 10.9 Å². The van der Waals surface area contributed by atoms with Gasteiger partial charge >= 0.3 is 11.9 Å². The molecule has 3 rings (SSSR count). The molecule has 1 amide bonds. The van der Waals surface area contributed by atoms with Crippen molar-refractivity contribution in [3.8, 4) is 0 Å². The van der Waals surface area contributed by atoms with E-state index in [0.29, 0.717) is 18.4 Å². The van der Waals surface area contributed by atoms with Gasteiger partial charge in [0.05, 0.1) is 30.8 Å². The Morgan fingerprint density at radius 2 is 2.00 bits per heavy atom. The second-order valence-corrected chi connectivity index (χ2v) is 8.17. The zero-order chi connectivity index (χ0) is 23.4. The Bertz CT molecular complexity index is 1000. The maximum absolute atomic E-state index is 12.6. The number of carbonyl (C=O) groups is 3. The summed E-state index contributed by atoms with van der Waals surface area (Å²) in [7, 11) is 0. The van der Waals surface area contributed by atoms with E-state index in [1.165, 1.54) is 0 Å². The van der Waals surface area contributed by atoms with E-state index in [-0.39, 0.29) is 25.9 Å². The lowest BCUT2D eigenvalue weighted by Gasteiger charge is -2.33. The first-order valence-electron chi connectivity index (χ1n) is 10.5. The van der Waals surface area contributed by atoms with E-state index in [1.54, 1.807) is 6.20 Å². The first-order valence-corrected chi connectivity index (χ1v) is 10.5. The molecular weight excluding hydrogens is 420 g/mol. The number of hydrogen-bond acceptors (Lipinski definition) is 6. The third-order valence-electron chi connectivity index (χ3n) is 5.57. The lowest BCUT2D eigenvalue weighted by Crippen LogP contribution is -2.41. The fourth-order valence-electron chi connectivity index (χ4n) is 4.02. The minimum Gasteiger partial charge on any atom is -0.481 e. The van der Waals surface area contributed by atoms with Crippen LogP contribution >= 0.6 is 0 Å². The van der Waals surface area contributed by atoms with Gasteiger partial charge in [-0.25, -0.2) is 4.79 Å². The van der Waals surface area contributed by atoms with Crippen molar-refractivity contribution in [2.75, 3.05) is 6.61 Å². The number of aliphatic hydroxyl groups is 2. The fraction of sp³-hybridized carbons (Fsp3) is 0.500. The average molecular weight is 448 g/mol. The maximum Gasteiger partial charge on any atom is 0.326 e. The van der Waals surface area contributed by atoms with Crippen LogP contribution in [0.2, 0.25) is 0 Å². The normalized spacial score (nSPS) is 21.9. The van der Waals surface area contributed by atoms with Gasteiger partial charge in [-0.05, 0) is 31.0 Å². The van der Waals surface area contributed by atoms with E-state index in [4.69, 9.17) is 9.84 Å². The van der Waals surface area contributed by atoms with Crippen molar-refractivity contribution in [1.82, 2.24) is 9.88 Å². The van der Waals surface area contributed by atoms with E-state index < -0.39 is 42.3 Å². The van der Waals surface area contributed by atoms with Crippen LogP contribution < -0.4 is 5.32 Å². The van der Waals surface area contributed by atoms with Gasteiger partial charge in [-0.1, -0.05) is 11.6 Å². The number of carbonyl (C=O) groups excluding carboxylic acids is 1. The van der Waals surface area contributed by atoms with Gasteiger partial charge in [-0.3, -0.25) is 9.59 Å². The van der Waals surface area contributed by atoms with Gasteiger partial charge in [-0.15, -0.1) is 0 Å². The Kier molecular flexibility index (Phi) is 7.49. The predicted molar refractivity (Wildman–Crippen MR) is 113 cm³/mol. The highest BCUT2D eigenvalue weighted by Gasteiger charge is 2.30. The van der Waals surface area contributed by atoms with Crippen molar-refractivity contribution in [3.05, 3.63) is 35.5 Å². The largest absolute Gasteiger partial charge is 0.481 e. The topological polar surface area (TPSA) is 158 Å². The highest BCUT2D eigenvalue weighted by atomic mass is 16.5. The molecular formula is C22H28N2O8. The van der Waals surface area contributed by atoms with Crippen LogP contribution in [0, 0.1) is 6.92 Å². The number of aryl methyl sites for hydroxylation is 1. The minimum atomic E-state index is -1.30. The zero-order valence-electron chi connectivity index (χ0n) is 17.7. The molecule has 2 aromatic rings. The SMILES string of the molecule is Cc1ccc2c(c1)c(CC(=O)NC(CCC(=O)O)C(=O)O)cn2C1CC(O)CC(CO)O1. The van der Waals surface area contributed by atoms with Crippen molar-refractivity contribution in [1.29, 1.82) is 0 Å². The van der Waals surface area contributed by atoms with Crippen molar-refractivity contribution >= 4 is 28.7 Å². The number of aliphatic carboxylic acids is 2. The number of fused-ring (bicyclic) bond motifs is 1. The molecule has 4 unspecified atom stereocenters. The Hall–Kier alpha value is -2.95. The van der Waals surface area contributed by atoms with Gasteiger partial charge in [0.2, 0.25) is 5.91 Å². The van der Waals surface area contributed by atoms with E-state index >= 15 is 0 Å². The van der Waals surface area contributed by atoms with E-state index in [0.717, 1.165) is 16.5 Å². The number of rotatable bonds is 9. The van der Waals surface area contributed by atoms with Crippen LogP contribution in [0.15, 0.2) is 24.4 Å². The number of amides is 1. The van der Waals surface area contributed by atoms with Crippen LogP contribution in [0.4, 0.5) is 0 Å². The number of hydrogen-bond donors (Lipinski definition) is 5. The van der Waals surface area contributed by atoms with Gasteiger partial charge in [0.15, 0.2) is 0 Å². The number of ether oxygens (including phenoxy) is 1. The molecule has 5 N–H and O–H groups in total. The molecule has 0 spiro atoms. The highest BCUT2D eigenvalue weighted by molar-refractivity contribution is 5.91. The van der Waals surface area contributed by atoms with Crippen LogP contribution in [0.3, 0.4) is 0 Å². The molecule has 2 heterocycles. The maximum atomic E-state index is 12.6. The number of nitrogens with one attached hydrogen (secondary N) is 1. The first-order chi connectivity index (χ1) is 15.2. The average Bonchev–Trinajstić information content (AvgIpc) is 3.07. The number of aromatic nitrogens is 1. The van der Waals surface area contributed by atoms with E-state index in [2.05, 4.69) is 5.32 Å². The van der Waals surface area contributed by atoms with E-state index in [9.17, 15) is 29.7 Å². The van der Waals surface area contributed by atoms with Gasteiger partial charge in [0.25, 0.3) is 0 Å². The second-order valence-electron chi connectivity index (χ2n) is 8.17. The molecule has 1 fully saturated rings. The molecule has 1 aliphatic rings. The van der Waals surface area contributed by atoms with Crippen molar-refractivity contribution in [3.63, 3.8) is 0 Å². The summed E-state index contributed by atoms with van der Waals surface area (Å²) in [6.45, 7) is 1.70. The van der Waals surface area contributed by atoms with Gasteiger partial charge in [-0.2, -0.15) is 0 Å². The van der Waals surface area contributed by atoms with Gasteiger partial charge in [0.1, 0.15) is 12.3 Å². The Balaban J connectivity index is 1.85. The van der Waals surface area contributed by atoms with Gasteiger partial charge < -0.3 is 35.0 Å². The summed E-state index contributed by atoms with van der Waals surface area (Å²) in [6.07, 6.45) is 0.0618.